The molecule has 1 atom stereocenters. The predicted molar refractivity (Wildman–Crippen MR) is 79.5 cm³/mol. The van der Waals surface area contributed by atoms with E-state index in [1.807, 2.05) is 0 Å². The average molecular weight is 286 g/mol. The molecule has 0 bridgehead atoms. The van der Waals surface area contributed by atoms with Crippen molar-refractivity contribution in [1.82, 2.24) is 0 Å². The molecule has 21 heavy (non-hydrogen) atoms. The second kappa shape index (κ2) is 5.58. The smallest absolute Gasteiger partial charge is 0.123 e. The van der Waals surface area contributed by atoms with Crippen molar-refractivity contribution in [2.75, 3.05) is 6.61 Å². The third-order valence-corrected chi connectivity index (χ3v) is 4.17. The fourth-order valence-corrected chi connectivity index (χ4v) is 3.15. The molecular weight excluding hydrogens is 267 g/mol. The van der Waals surface area contributed by atoms with Gasteiger partial charge in [-0.25, -0.2) is 4.39 Å². The largest absolute Gasteiger partial charge is 0.396 e. The topological polar surface area (TPSA) is 29.5 Å². The van der Waals surface area contributed by atoms with E-state index in [1.165, 1.54) is 23.3 Å². The van der Waals surface area contributed by atoms with Gasteiger partial charge in [0, 0.05) is 6.61 Å². The van der Waals surface area contributed by atoms with Gasteiger partial charge in [0.15, 0.2) is 0 Å². The summed E-state index contributed by atoms with van der Waals surface area (Å²) in [5, 5.41) is 9.21. The molecule has 0 aromatic heterocycles. The van der Waals surface area contributed by atoms with Crippen LogP contribution in [-0.2, 0) is 16.9 Å². The van der Waals surface area contributed by atoms with Crippen molar-refractivity contribution < 1.29 is 14.2 Å². The fourth-order valence-electron chi connectivity index (χ4n) is 3.15. The molecule has 1 unspecified atom stereocenters. The van der Waals surface area contributed by atoms with Gasteiger partial charge in [0.25, 0.3) is 0 Å². The molecule has 0 radical (unpaired) electrons. The minimum Gasteiger partial charge on any atom is -0.396 e. The summed E-state index contributed by atoms with van der Waals surface area (Å²) >= 11 is 0. The number of aliphatic hydroxyl groups excluding tert-OH is 1. The number of ether oxygens (including phenoxy) is 1. The molecular formula is C18H19FO2. The normalized spacial score (nSPS) is 20.5. The van der Waals surface area contributed by atoms with Crippen LogP contribution in [0.4, 0.5) is 4.39 Å². The van der Waals surface area contributed by atoms with Crippen molar-refractivity contribution in [3.8, 4) is 0 Å². The summed E-state index contributed by atoms with van der Waals surface area (Å²) in [4.78, 5) is 0. The second-order valence-electron chi connectivity index (χ2n) is 5.61. The number of fused-ring (bicyclic) bond motifs is 1. The van der Waals surface area contributed by atoms with Gasteiger partial charge in [-0.1, -0.05) is 35.9 Å². The molecule has 110 valence electrons. The summed E-state index contributed by atoms with van der Waals surface area (Å²) in [6.07, 6.45) is 1.33. The van der Waals surface area contributed by atoms with Gasteiger partial charge in [0.05, 0.1) is 6.61 Å². The lowest BCUT2D eigenvalue weighted by atomic mass is 9.82. The summed E-state index contributed by atoms with van der Waals surface area (Å²) in [7, 11) is 0. The maximum Gasteiger partial charge on any atom is 0.123 e. The highest BCUT2D eigenvalue weighted by atomic mass is 19.1. The van der Waals surface area contributed by atoms with Crippen molar-refractivity contribution >= 4 is 0 Å². The average Bonchev–Trinajstić information content (AvgIpc) is 2.85. The van der Waals surface area contributed by atoms with E-state index in [0.29, 0.717) is 19.4 Å². The zero-order valence-electron chi connectivity index (χ0n) is 12.1. The Kier molecular flexibility index (Phi) is 3.79. The van der Waals surface area contributed by atoms with Crippen LogP contribution in [0.15, 0.2) is 42.5 Å². The Morgan fingerprint density at radius 3 is 2.67 bits per heavy atom. The Labute approximate surface area is 124 Å². The van der Waals surface area contributed by atoms with E-state index < -0.39 is 5.60 Å². The first-order valence-electron chi connectivity index (χ1n) is 7.26. The van der Waals surface area contributed by atoms with E-state index in [1.54, 1.807) is 12.1 Å². The first-order valence-corrected chi connectivity index (χ1v) is 7.26. The third kappa shape index (κ3) is 2.47. The molecule has 0 spiro atoms. The van der Waals surface area contributed by atoms with Gasteiger partial charge in [-0.3, -0.25) is 0 Å². The van der Waals surface area contributed by atoms with Gasteiger partial charge in [-0.05, 0) is 48.6 Å². The van der Waals surface area contributed by atoms with Gasteiger partial charge in [-0.2, -0.15) is 0 Å². The van der Waals surface area contributed by atoms with Gasteiger partial charge in [-0.15, -0.1) is 0 Å². The van der Waals surface area contributed by atoms with Gasteiger partial charge in [0.2, 0.25) is 0 Å². The van der Waals surface area contributed by atoms with E-state index in [2.05, 4.69) is 25.1 Å². The summed E-state index contributed by atoms with van der Waals surface area (Å²) < 4.78 is 19.4. The van der Waals surface area contributed by atoms with E-state index in [0.717, 1.165) is 11.1 Å². The van der Waals surface area contributed by atoms with Crippen LogP contribution in [0.25, 0.3) is 0 Å². The number of halogens is 1. The molecule has 0 aliphatic carbocycles. The van der Waals surface area contributed by atoms with Crippen molar-refractivity contribution in [1.29, 1.82) is 0 Å². The Morgan fingerprint density at radius 1 is 1.19 bits per heavy atom. The first-order chi connectivity index (χ1) is 10.2. The number of hydrogen-bond donors (Lipinski definition) is 1. The van der Waals surface area contributed by atoms with Crippen molar-refractivity contribution in [2.24, 2.45) is 0 Å². The molecule has 0 amide bonds. The van der Waals surface area contributed by atoms with E-state index >= 15 is 0 Å². The maximum atomic E-state index is 13.2. The first kappa shape index (κ1) is 14.2. The predicted octanol–water partition coefficient (Wildman–Crippen LogP) is 3.68. The molecule has 0 saturated carbocycles. The minimum absolute atomic E-state index is 0.119. The zero-order chi connectivity index (χ0) is 14.9. The van der Waals surface area contributed by atoms with Crippen LogP contribution in [0.1, 0.15) is 35.1 Å². The Balaban J connectivity index is 2.10. The maximum absolute atomic E-state index is 13.2. The molecule has 1 N–H and O–H groups in total. The Bertz CT molecular complexity index is 636. The van der Waals surface area contributed by atoms with Crippen LogP contribution < -0.4 is 0 Å². The highest BCUT2D eigenvalue weighted by Crippen LogP contribution is 2.45. The Morgan fingerprint density at radius 2 is 1.95 bits per heavy atom. The van der Waals surface area contributed by atoms with E-state index in [9.17, 15) is 9.50 Å². The number of rotatable bonds is 4. The fraction of sp³-hybridized carbons (Fsp3) is 0.333. The van der Waals surface area contributed by atoms with Crippen molar-refractivity contribution in [3.63, 3.8) is 0 Å². The number of hydrogen-bond acceptors (Lipinski definition) is 2. The van der Waals surface area contributed by atoms with Crippen LogP contribution in [0.5, 0.6) is 0 Å². The molecule has 3 heteroatoms. The minimum atomic E-state index is -0.570. The van der Waals surface area contributed by atoms with Crippen LogP contribution in [0.3, 0.4) is 0 Å². The second-order valence-corrected chi connectivity index (χ2v) is 5.61. The zero-order valence-corrected chi connectivity index (χ0v) is 12.1. The van der Waals surface area contributed by atoms with E-state index in [-0.39, 0.29) is 12.4 Å². The molecule has 1 heterocycles. The van der Waals surface area contributed by atoms with Crippen LogP contribution in [-0.4, -0.2) is 11.7 Å². The molecule has 2 aromatic rings. The number of benzene rings is 2. The standard InChI is InChI=1S/C18H19FO2/c1-13-3-8-17-14(11-13)12-21-18(17,9-2-10-20)15-4-6-16(19)7-5-15/h3-8,11,20H,2,9-10,12H2,1H3. The number of aliphatic hydroxyl groups is 1. The summed E-state index contributed by atoms with van der Waals surface area (Å²) in [6.45, 7) is 2.74. The number of aryl methyl sites for hydroxylation is 1. The summed E-state index contributed by atoms with van der Waals surface area (Å²) in [5.41, 5.74) is 3.89. The summed E-state index contributed by atoms with van der Waals surface area (Å²) in [5.74, 6) is -0.252. The monoisotopic (exact) mass is 286 g/mol. The molecule has 1 aliphatic heterocycles. The molecule has 0 fully saturated rings. The summed E-state index contributed by atoms with van der Waals surface area (Å²) in [6, 6.07) is 12.8. The lowest BCUT2D eigenvalue weighted by Crippen LogP contribution is -2.27. The van der Waals surface area contributed by atoms with Crippen LogP contribution in [0, 0.1) is 12.7 Å². The SMILES string of the molecule is Cc1ccc2c(c1)COC2(CCCO)c1ccc(F)cc1. The van der Waals surface area contributed by atoms with Gasteiger partial charge >= 0.3 is 0 Å². The van der Waals surface area contributed by atoms with Crippen LogP contribution in [0.2, 0.25) is 0 Å². The lowest BCUT2D eigenvalue weighted by molar-refractivity contribution is -0.0156. The molecule has 3 rings (SSSR count). The molecule has 0 saturated heterocycles. The highest BCUT2D eigenvalue weighted by Gasteiger charge is 2.41. The lowest BCUT2D eigenvalue weighted by Gasteiger charge is -2.30. The van der Waals surface area contributed by atoms with Gasteiger partial charge < -0.3 is 9.84 Å². The highest BCUT2D eigenvalue weighted by molar-refractivity contribution is 5.45. The molecule has 2 nitrogen and oxygen atoms in total. The van der Waals surface area contributed by atoms with Crippen LogP contribution >= 0.6 is 0 Å². The quantitative estimate of drug-likeness (QED) is 0.929. The van der Waals surface area contributed by atoms with E-state index in [4.69, 9.17) is 4.74 Å². The van der Waals surface area contributed by atoms with Gasteiger partial charge in [0.1, 0.15) is 11.4 Å². The van der Waals surface area contributed by atoms with Crippen molar-refractivity contribution in [3.05, 3.63) is 70.5 Å². The third-order valence-electron chi connectivity index (χ3n) is 4.17. The molecule has 1 aliphatic rings. The Hall–Kier alpha value is -1.71. The van der Waals surface area contributed by atoms with Crippen molar-refractivity contribution in [2.45, 2.75) is 32.0 Å². The molecule has 2 aromatic carbocycles.